The molecule has 2 unspecified atom stereocenters. The van der Waals surface area contributed by atoms with Crippen LogP contribution in [0.15, 0.2) is 24.3 Å². The number of urea groups is 1. The minimum atomic E-state index is -0.404. The zero-order chi connectivity index (χ0) is 13.7. The number of hydrogen-bond acceptors (Lipinski definition) is 2. The monoisotopic (exact) mass is 262 g/mol. The van der Waals surface area contributed by atoms with E-state index in [1.807, 2.05) is 25.1 Å². The van der Waals surface area contributed by atoms with Crippen LogP contribution >= 0.6 is 0 Å². The van der Waals surface area contributed by atoms with Crippen LogP contribution in [0.3, 0.4) is 0 Å². The number of aliphatic hydroxyl groups is 1. The third-order valence-electron chi connectivity index (χ3n) is 3.58. The molecular formula is C15H22N2O2. The number of hydrogen-bond donors (Lipinski definition) is 3. The first-order valence-corrected chi connectivity index (χ1v) is 6.93. The molecule has 2 amide bonds. The van der Waals surface area contributed by atoms with E-state index in [2.05, 4.69) is 16.7 Å². The second-order valence-corrected chi connectivity index (χ2v) is 5.27. The minimum Gasteiger partial charge on any atom is -0.391 e. The minimum absolute atomic E-state index is 0.105. The number of aliphatic hydroxyl groups excluding tert-OH is 1. The van der Waals surface area contributed by atoms with Gasteiger partial charge in [-0.25, -0.2) is 4.79 Å². The van der Waals surface area contributed by atoms with E-state index >= 15 is 0 Å². The first kappa shape index (κ1) is 13.9. The van der Waals surface area contributed by atoms with Crippen molar-refractivity contribution in [2.24, 2.45) is 0 Å². The first-order valence-electron chi connectivity index (χ1n) is 6.93. The van der Waals surface area contributed by atoms with Crippen molar-refractivity contribution in [3.8, 4) is 0 Å². The van der Waals surface area contributed by atoms with Gasteiger partial charge in [0.25, 0.3) is 0 Å². The van der Waals surface area contributed by atoms with Crippen molar-refractivity contribution in [1.29, 1.82) is 0 Å². The summed E-state index contributed by atoms with van der Waals surface area (Å²) in [5.41, 5.74) is 2.27. The Morgan fingerprint density at radius 1 is 1.37 bits per heavy atom. The molecule has 1 aliphatic carbocycles. The Morgan fingerprint density at radius 2 is 2.16 bits per heavy atom. The molecule has 0 spiro atoms. The molecule has 0 aliphatic heterocycles. The lowest BCUT2D eigenvalue weighted by molar-refractivity contribution is 0.0943. The fourth-order valence-corrected chi connectivity index (χ4v) is 2.50. The molecule has 4 nitrogen and oxygen atoms in total. The molecule has 0 bridgehead atoms. The quantitative estimate of drug-likeness (QED) is 0.781. The highest BCUT2D eigenvalue weighted by Crippen LogP contribution is 2.18. The fourth-order valence-electron chi connectivity index (χ4n) is 2.50. The Balaban J connectivity index is 1.78. The number of amides is 2. The van der Waals surface area contributed by atoms with Crippen molar-refractivity contribution < 1.29 is 9.90 Å². The molecule has 4 heteroatoms. The van der Waals surface area contributed by atoms with Gasteiger partial charge in [0.15, 0.2) is 0 Å². The van der Waals surface area contributed by atoms with E-state index in [1.54, 1.807) is 0 Å². The lowest BCUT2D eigenvalue weighted by Gasteiger charge is -2.28. The van der Waals surface area contributed by atoms with E-state index in [9.17, 15) is 9.90 Å². The Bertz CT molecular complexity index is 434. The molecule has 2 atom stereocenters. The molecule has 104 valence electrons. The molecule has 0 aromatic heterocycles. The smallest absolute Gasteiger partial charge is 0.315 e. The van der Waals surface area contributed by atoms with E-state index in [0.717, 1.165) is 31.2 Å². The third kappa shape index (κ3) is 4.24. The summed E-state index contributed by atoms with van der Waals surface area (Å²) in [6.07, 6.45) is 3.35. The van der Waals surface area contributed by atoms with E-state index < -0.39 is 6.10 Å². The highest BCUT2D eigenvalue weighted by Gasteiger charge is 2.24. The van der Waals surface area contributed by atoms with Gasteiger partial charge in [-0.3, -0.25) is 0 Å². The maximum Gasteiger partial charge on any atom is 0.315 e. The summed E-state index contributed by atoms with van der Waals surface area (Å²) < 4.78 is 0. The van der Waals surface area contributed by atoms with Gasteiger partial charge in [0.2, 0.25) is 0 Å². The number of benzene rings is 1. The van der Waals surface area contributed by atoms with Crippen molar-refractivity contribution >= 4 is 6.03 Å². The van der Waals surface area contributed by atoms with Gasteiger partial charge in [0.05, 0.1) is 12.1 Å². The Kier molecular flexibility index (Phi) is 4.80. The topological polar surface area (TPSA) is 61.4 Å². The van der Waals surface area contributed by atoms with Crippen LogP contribution < -0.4 is 10.6 Å². The molecular weight excluding hydrogens is 240 g/mol. The lowest BCUT2D eigenvalue weighted by Crippen LogP contribution is -2.48. The normalized spacial score (nSPS) is 22.8. The SMILES string of the molecule is Cc1cccc(CNC(=O)NC2CCCCC2O)c1. The standard InChI is InChI=1S/C15H22N2O2/c1-11-5-4-6-12(9-11)10-16-15(19)17-13-7-2-3-8-14(13)18/h4-6,9,13-14,18H,2-3,7-8,10H2,1H3,(H2,16,17,19). The summed E-state index contributed by atoms with van der Waals surface area (Å²) in [7, 11) is 0. The molecule has 0 radical (unpaired) electrons. The van der Waals surface area contributed by atoms with E-state index in [-0.39, 0.29) is 12.1 Å². The van der Waals surface area contributed by atoms with Crippen LogP contribution in [-0.4, -0.2) is 23.3 Å². The summed E-state index contributed by atoms with van der Waals surface area (Å²) in [5.74, 6) is 0. The molecule has 0 saturated heterocycles. The van der Waals surface area contributed by atoms with Crippen LogP contribution in [0.2, 0.25) is 0 Å². The predicted octanol–water partition coefficient (Wildman–Crippen LogP) is 2.10. The molecule has 1 aliphatic rings. The third-order valence-corrected chi connectivity index (χ3v) is 3.58. The zero-order valence-corrected chi connectivity index (χ0v) is 11.4. The van der Waals surface area contributed by atoms with Crippen LogP contribution in [0.4, 0.5) is 4.79 Å². The summed E-state index contributed by atoms with van der Waals surface area (Å²) in [6.45, 7) is 2.54. The lowest BCUT2D eigenvalue weighted by atomic mass is 9.93. The van der Waals surface area contributed by atoms with Gasteiger partial charge in [-0.05, 0) is 25.3 Å². The van der Waals surface area contributed by atoms with Crippen molar-refractivity contribution in [3.63, 3.8) is 0 Å². The summed E-state index contributed by atoms with van der Waals surface area (Å²) in [5, 5.41) is 15.5. The van der Waals surface area contributed by atoms with Gasteiger partial charge >= 0.3 is 6.03 Å². The molecule has 19 heavy (non-hydrogen) atoms. The van der Waals surface area contributed by atoms with Gasteiger partial charge in [0, 0.05) is 6.54 Å². The predicted molar refractivity (Wildman–Crippen MR) is 74.8 cm³/mol. The highest BCUT2D eigenvalue weighted by atomic mass is 16.3. The van der Waals surface area contributed by atoms with E-state index in [0.29, 0.717) is 6.54 Å². The van der Waals surface area contributed by atoms with E-state index in [1.165, 1.54) is 5.56 Å². The first-order chi connectivity index (χ1) is 9.15. The maximum atomic E-state index is 11.8. The van der Waals surface area contributed by atoms with Crippen molar-refractivity contribution in [3.05, 3.63) is 35.4 Å². The number of nitrogens with one attached hydrogen (secondary N) is 2. The summed E-state index contributed by atoms with van der Waals surface area (Å²) in [4.78, 5) is 11.8. The Morgan fingerprint density at radius 3 is 2.89 bits per heavy atom. The number of carbonyl (C=O) groups excluding carboxylic acids is 1. The van der Waals surface area contributed by atoms with Gasteiger partial charge in [-0.2, -0.15) is 0 Å². The van der Waals surface area contributed by atoms with Crippen LogP contribution in [0.25, 0.3) is 0 Å². The Labute approximate surface area is 114 Å². The van der Waals surface area contributed by atoms with Gasteiger partial charge in [0.1, 0.15) is 0 Å². The number of rotatable bonds is 3. The van der Waals surface area contributed by atoms with Gasteiger partial charge < -0.3 is 15.7 Å². The number of carbonyl (C=O) groups is 1. The van der Waals surface area contributed by atoms with Crippen LogP contribution in [0, 0.1) is 6.92 Å². The molecule has 3 N–H and O–H groups in total. The van der Waals surface area contributed by atoms with Crippen molar-refractivity contribution in [1.82, 2.24) is 10.6 Å². The second-order valence-electron chi connectivity index (χ2n) is 5.27. The molecule has 1 aromatic rings. The molecule has 0 heterocycles. The molecule has 1 aromatic carbocycles. The maximum absolute atomic E-state index is 11.8. The van der Waals surface area contributed by atoms with Gasteiger partial charge in [-0.1, -0.05) is 42.7 Å². The number of aryl methyl sites for hydroxylation is 1. The Hall–Kier alpha value is -1.55. The average molecular weight is 262 g/mol. The van der Waals surface area contributed by atoms with Crippen molar-refractivity contribution in [2.45, 2.75) is 51.3 Å². The summed E-state index contributed by atoms with van der Waals surface area (Å²) in [6, 6.07) is 7.74. The highest BCUT2D eigenvalue weighted by molar-refractivity contribution is 5.74. The van der Waals surface area contributed by atoms with Crippen molar-refractivity contribution in [2.75, 3.05) is 0 Å². The fraction of sp³-hybridized carbons (Fsp3) is 0.533. The second kappa shape index (κ2) is 6.57. The molecule has 2 rings (SSSR count). The average Bonchev–Trinajstić information content (AvgIpc) is 2.39. The van der Waals surface area contributed by atoms with Crippen LogP contribution in [0.5, 0.6) is 0 Å². The summed E-state index contributed by atoms with van der Waals surface area (Å²) >= 11 is 0. The molecule has 1 saturated carbocycles. The zero-order valence-electron chi connectivity index (χ0n) is 11.4. The van der Waals surface area contributed by atoms with E-state index in [4.69, 9.17) is 0 Å². The largest absolute Gasteiger partial charge is 0.391 e. The van der Waals surface area contributed by atoms with Gasteiger partial charge in [-0.15, -0.1) is 0 Å². The molecule has 1 fully saturated rings. The van der Waals surface area contributed by atoms with Crippen LogP contribution in [-0.2, 0) is 6.54 Å². The van der Waals surface area contributed by atoms with Crippen LogP contribution in [0.1, 0.15) is 36.8 Å².